The number of tetrazole rings is 1. The lowest BCUT2D eigenvalue weighted by molar-refractivity contribution is -0.131. The van der Waals surface area contributed by atoms with E-state index < -0.39 is 17.2 Å². The third-order valence-corrected chi connectivity index (χ3v) is 8.83. The van der Waals surface area contributed by atoms with Crippen molar-refractivity contribution in [1.29, 1.82) is 0 Å². The number of hydrogen-bond donors (Lipinski definition) is 3. The highest BCUT2D eigenvalue weighted by atomic mass is 16.2. The first-order valence-corrected chi connectivity index (χ1v) is 13.7. The Balaban J connectivity index is 1.40. The molecule has 2 heterocycles. The third kappa shape index (κ3) is 4.42. The van der Waals surface area contributed by atoms with E-state index in [4.69, 9.17) is 18.0 Å². The van der Waals surface area contributed by atoms with E-state index in [0.29, 0.717) is 48.7 Å². The first-order valence-electron chi connectivity index (χ1n) is 13.7. The number of nitrogens with zero attached hydrogens (tertiary/aromatic N) is 6. The second-order valence-electron chi connectivity index (χ2n) is 11.1. The predicted molar refractivity (Wildman–Crippen MR) is 147 cm³/mol. The lowest BCUT2D eigenvalue weighted by Gasteiger charge is -2.35. The molecule has 3 aliphatic rings. The Labute approximate surface area is 236 Å². The number of amides is 3. The van der Waals surface area contributed by atoms with Crippen molar-refractivity contribution in [3.05, 3.63) is 87.0 Å². The number of carbonyl (C=O) groups excluding carboxylic acids is 3. The van der Waals surface area contributed by atoms with Crippen molar-refractivity contribution in [2.45, 2.75) is 49.7 Å². The summed E-state index contributed by atoms with van der Waals surface area (Å²) in [5.41, 5.74) is 14.9. The van der Waals surface area contributed by atoms with Crippen LogP contribution in [0.15, 0.2) is 36.4 Å². The average Bonchev–Trinajstić information content (AvgIpc) is 3.46. The molecule has 2 aliphatic carbocycles. The zero-order valence-electron chi connectivity index (χ0n) is 22.7. The molecule has 2 aromatic carbocycles. The van der Waals surface area contributed by atoms with E-state index in [1.165, 1.54) is 0 Å². The van der Waals surface area contributed by atoms with Crippen LogP contribution in [0.25, 0.3) is 4.85 Å². The van der Waals surface area contributed by atoms with Gasteiger partial charge in [-0.1, -0.05) is 12.1 Å². The summed E-state index contributed by atoms with van der Waals surface area (Å²) in [6.45, 7) is 8.02. The predicted octanol–water partition coefficient (Wildman–Crippen LogP) is 0.687. The topological polar surface area (TPSA) is 166 Å². The number of fused-ring (bicyclic) bond motifs is 3. The molecule has 0 spiro atoms. The summed E-state index contributed by atoms with van der Waals surface area (Å²) in [5.74, 6) is -0.0610. The number of primary amides is 2. The summed E-state index contributed by atoms with van der Waals surface area (Å²) in [4.78, 5) is 42.7. The highest BCUT2D eigenvalue weighted by Gasteiger charge is 2.57. The second kappa shape index (κ2) is 10.1. The van der Waals surface area contributed by atoms with E-state index in [-0.39, 0.29) is 24.7 Å². The minimum Gasteiger partial charge on any atom is -0.366 e. The van der Waals surface area contributed by atoms with Gasteiger partial charge in [0, 0.05) is 30.6 Å². The molecule has 0 bridgehead atoms. The lowest BCUT2D eigenvalue weighted by atomic mass is 9.69. The minimum atomic E-state index is -0.879. The van der Waals surface area contributed by atoms with Crippen molar-refractivity contribution < 1.29 is 14.4 Å². The number of benzene rings is 2. The van der Waals surface area contributed by atoms with Crippen LogP contribution in [-0.2, 0) is 30.1 Å². The van der Waals surface area contributed by atoms with E-state index >= 15 is 0 Å². The summed E-state index contributed by atoms with van der Waals surface area (Å²) >= 11 is 0. The molecule has 2 fully saturated rings. The second-order valence-corrected chi connectivity index (χ2v) is 11.1. The van der Waals surface area contributed by atoms with Gasteiger partial charge in [-0.25, -0.2) is 11.3 Å². The maximum absolute atomic E-state index is 13.1. The Kier molecular flexibility index (Phi) is 6.54. The van der Waals surface area contributed by atoms with Crippen molar-refractivity contribution in [1.82, 2.24) is 30.4 Å². The number of likely N-dealkylation sites (tertiary alicyclic amines) is 1. The highest BCUT2D eigenvalue weighted by Crippen LogP contribution is 2.48. The fourth-order valence-corrected chi connectivity index (χ4v) is 6.83. The summed E-state index contributed by atoms with van der Waals surface area (Å²) in [6.07, 6.45) is 3.03. The summed E-state index contributed by atoms with van der Waals surface area (Å²) in [6, 6.07) is 11.1. The lowest BCUT2D eigenvalue weighted by Crippen LogP contribution is -2.43. The Morgan fingerprint density at radius 3 is 2.22 bits per heavy atom. The molecule has 1 saturated carbocycles. The van der Waals surface area contributed by atoms with Gasteiger partial charge in [0.15, 0.2) is 5.82 Å². The molecule has 0 radical (unpaired) electrons. The zero-order valence-corrected chi connectivity index (χ0v) is 22.7. The van der Waals surface area contributed by atoms with E-state index in [1.54, 1.807) is 28.8 Å². The van der Waals surface area contributed by atoms with Crippen molar-refractivity contribution in [3.8, 4) is 0 Å². The first-order chi connectivity index (χ1) is 19.7. The monoisotopic (exact) mass is 553 g/mol. The number of carbonyl (C=O) groups is 3. The van der Waals surface area contributed by atoms with Gasteiger partial charge in [-0.2, -0.15) is 0 Å². The molecule has 12 heteroatoms. The number of hydrogen-bond acceptors (Lipinski definition) is 7. The van der Waals surface area contributed by atoms with Crippen LogP contribution in [-0.4, -0.2) is 68.1 Å². The van der Waals surface area contributed by atoms with Crippen molar-refractivity contribution >= 4 is 17.7 Å². The fraction of sp³-hybridized carbons (Fsp3) is 0.414. The Morgan fingerprint density at radius 1 is 1.05 bits per heavy atom. The highest BCUT2D eigenvalue weighted by molar-refractivity contribution is 5.94. The molecule has 3 aromatic rings. The molecule has 3 amide bonds. The quantitative estimate of drug-likeness (QED) is 0.272. The van der Waals surface area contributed by atoms with Gasteiger partial charge in [0.25, 0.3) is 0 Å². The molecular formula is C29H31N9O3. The van der Waals surface area contributed by atoms with E-state index in [0.717, 1.165) is 35.1 Å². The van der Waals surface area contributed by atoms with Crippen LogP contribution in [0.2, 0.25) is 0 Å². The Morgan fingerprint density at radius 2 is 1.68 bits per heavy atom. The van der Waals surface area contributed by atoms with Crippen LogP contribution in [0.5, 0.6) is 0 Å². The van der Waals surface area contributed by atoms with Gasteiger partial charge in [0.1, 0.15) is 0 Å². The number of nitrogens with one attached hydrogen (secondary N) is 1. The average molecular weight is 554 g/mol. The molecule has 12 nitrogen and oxygen atoms in total. The number of aromatic nitrogens is 4. The van der Waals surface area contributed by atoms with Crippen LogP contribution in [0.3, 0.4) is 0 Å². The molecule has 1 saturated heterocycles. The van der Waals surface area contributed by atoms with Gasteiger partial charge in [-0.3, -0.25) is 24.1 Å². The first kappa shape index (κ1) is 26.6. The molecule has 41 heavy (non-hydrogen) atoms. The minimum absolute atomic E-state index is 0.0655. The molecule has 1 aromatic heterocycles. The Hall–Kier alpha value is -4.63. The van der Waals surface area contributed by atoms with Gasteiger partial charge in [-0.05, 0) is 95.1 Å². The van der Waals surface area contributed by atoms with Crippen molar-refractivity contribution in [3.63, 3.8) is 0 Å². The van der Waals surface area contributed by atoms with Gasteiger partial charge in [0.05, 0.1) is 12.0 Å². The van der Waals surface area contributed by atoms with Crippen molar-refractivity contribution in [2.75, 3.05) is 13.1 Å². The normalized spacial score (nSPS) is 21.7. The van der Waals surface area contributed by atoms with Gasteiger partial charge >= 0.3 is 6.17 Å². The van der Waals surface area contributed by atoms with Gasteiger partial charge in [-0.15, -0.1) is 5.10 Å². The zero-order chi connectivity index (χ0) is 28.9. The van der Waals surface area contributed by atoms with Crippen LogP contribution in [0.1, 0.15) is 68.1 Å². The maximum atomic E-state index is 13.1. The third-order valence-electron chi connectivity index (χ3n) is 8.83. The number of aryl methyl sites for hydroxylation is 3. The van der Waals surface area contributed by atoms with Crippen molar-refractivity contribution in [2.24, 2.45) is 24.4 Å². The van der Waals surface area contributed by atoms with E-state index in [2.05, 4.69) is 25.7 Å². The molecule has 210 valence electrons. The van der Waals surface area contributed by atoms with Crippen LogP contribution < -0.4 is 16.8 Å². The smallest absolute Gasteiger partial charge is 0.301 e. The standard InChI is InChI=1S/C29H31N9O3/c1-32-24-14-20-13-23(20)38(24)25(39)15-33-10-9-29(28-34-35-36-37(28)2)21-7-5-18(26(30)40)11-16(21)3-4-17-12-19(27(31)41)6-8-22(17)29/h5-8,11-12,20,23-24,33H,3-4,9-10,13-15H2,2H3,(H2,30,40)(H2,31,41)/t20-,23-,24-/m0/s1. The molecule has 0 unspecified atom stereocenters. The molecule has 5 N–H and O–H groups in total. The van der Waals surface area contributed by atoms with Gasteiger partial charge in [0.2, 0.25) is 17.7 Å². The number of nitrogens with two attached hydrogens (primary N) is 2. The summed E-state index contributed by atoms with van der Waals surface area (Å²) < 4.78 is 1.63. The van der Waals surface area contributed by atoms with Crippen LogP contribution in [0, 0.1) is 12.5 Å². The molecule has 3 atom stereocenters. The van der Waals surface area contributed by atoms with Crippen LogP contribution in [0.4, 0.5) is 0 Å². The van der Waals surface area contributed by atoms with Crippen LogP contribution >= 0.6 is 0 Å². The van der Waals surface area contributed by atoms with Gasteiger partial charge < -0.3 is 16.8 Å². The molecular weight excluding hydrogens is 522 g/mol. The summed E-state index contributed by atoms with van der Waals surface area (Å²) in [5, 5.41) is 15.9. The maximum Gasteiger partial charge on any atom is 0.301 e. The Bertz CT molecular complexity index is 1540. The molecule has 6 rings (SSSR count). The fourth-order valence-electron chi connectivity index (χ4n) is 6.83. The largest absolute Gasteiger partial charge is 0.366 e. The SMILES string of the molecule is [C-]#[N+][C@@H]1C[C@@H]2C[C@@H]2N1C(=O)CNCCC1(c2nnnn2C)c2ccc(C(N)=O)cc2CCc2cc(C(N)=O)ccc21. The van der Waals surface area contributed by atoms with E-state index in [9.17, 15) is 14.4 Å². The summed E-state index contributed by atoms with van der Waals surface area (Å²) in [7, 11) is 1.78. The number of piperidine rings is 1. The van der Waals surface area contributed by atoms with E-state index in [1.807, 2.05) is 24.3 Å². The molecule has 1 aliphatic heterocycles. The number of rotatable bonds is 8.